The van der Waals surface area contributed by atoms with Crippen LogP contribution in [0.15, 0.2) is 48.5 Å². The summed E-state index contributed by atoms with van der Waals surface area (Å²) in [4.78, 5) is 0. The summed E-state index contributed by atoms with van der Waals surface area (Å²) in [6.45, 7) is 5.35. The summed E-state index contributed by atoms with van der Waals surface area (Å²) in [6, 6.07) is 17.0. The largest absolute Gasteiger partial charge is 0.370 e. The van der Waals surface area contributed by atoms with Crippen LogP contribution in [0.5, 0.6) is 0 Å². The highest BCUT2D eigenvalue weighted by atomic mass is 15.3. The van der Waals surface area contributed by atoms with Crippen LogP contribution < -0.4 is 5.32 Å². The van der Waals surface area contributed by atoms with Crippen molar-refractivity contribution in [3.63, 3.8) is 0 Å². The minimum Gasteiger partial charge on any atom is -0.370 e. The van der Waals surface area contributed by atoms with Crippen LogP contribution in [0.1, 0.15) is 29.5 Å². The van der Waals surface area contributed by atoms with Gasteiger partial charge in [-0.15, -0.1) is 0 Å². The quantitative estimate of drug-likeness (QED) is 0.728. The first-order valence-corrected chi connectivity index (χ1v) is 8.73. The maximum Gasteiger partial charge on any atom is 0.133 e. The molecule has 0 spiro atoms. The number of hydrogen-bond acceptors (Lipinski definition) is 2. The minimum absolute atomic E-state index is 1.01. The van der Waals surface area contributed by atoms with Crippen molar-refractivity contribution in [2.45, 2.75) is 33.1 Å². The van der Waals surface area contributed by atoms with E-state index < -0.39 is 0 Å². The van der Waals surface area contributed by atoms with Gasteiger partial charge in [0.25, 0.3) is 0 Å². The molecular weight excluding hydrogens is 294 g/mol. The molecule has 4 rings (SSSR count). The molecule has 3 aromatic rings. The number of hydrogen-bond donors (Lipinski definition) is 1. The first-order valence-electron chi connectivity index (χ1n) is 8.73. The summed E-state index contributed by atoms with van der Waals surface area (Å²) >= 11 is 0. The summed E-state index contributed by atoms with van der Waals surface area (Å²) in [5, 5.41) is 8.66. The Labute approximate surface area is 143 Å². The first kappa shape index (κ1) is 15.0. The number of fused-ring (bicyclic) bond motifs is 1. The number of benzene rings is 2. The van der Waals surface area contributed by atoms with Gasteiger partial charge in [0.1, 0.15) is 5.82 Å². The Morgan fingerprint density at radius 3 is 2.62 bits per heavy atom. The highest BCUT2D eigenvalue weighted by Crippen LogP contribution is 2.34. The Morgan fingerprint density at radius 1 is 0.958 bits per heavy atom. The predicted molar refractivity (Wildman–Crippen MR) is 99.9 cm³/mol. The molecule has 0 amide bonds. The summed E-state index contributed by atoms with van der Waals surface area (Å²) in [5.74, 6) is 1.17. The average molecular weight is 317 g/mol. The fourth-order valence-electron chi connectivity index (χ4n) is 3.47. The fourth-order valence-corrected chi connectivity index (χ4v) is 3.47. The Morgan fingerprint density at radius 2 is 1.79 bits per heavy atom. The van der Waals surface area contributed by atoms with Gasteiger partial charge in [0.05, 0.1) is 11.4 Å². The predicted octanol–water partition coefficient (Wildman–Crippen LogP) is 4.90. The van der Waals surface area contributed by atoms with E-state index in [1.54, 1.807) is 0 Å². The monoisotopic (exact) mass is 317 g/mol. The van der Waals surface area contributed by atoms with Crippen molar-refractivity contribution in [2.75, 3.05) is 11.9 Å². The summed E-state index contributed by atoms with van der Waals surface area (Å²) < 4.78 is 2.12. The van der Waals surface area contributed by atoms with Crippen molar-refractivity contribution >= 4 is 5.82 Å². The molecule has 0 unspecified atom stereocenters. The van der Waals surface area contributed by atoms with Crippen LogP contribution in [0.2, 0.25) is 0 Å². The van der Waals surface area contributed by atoms with Crippen LogP contribution in [0, 0.1) is 13.8 Å². The van der Waals surface area contributed by atoms with Crippen LogP contribution in [0.25, 0.3) is 16.9 Å². The average Bonchev–Trinajstić information content (AvgIpc) is 2.79. The zero-order valence-corrected chi connectivity index (χ0v) is 14.3. The molecule has 3 nitrogen and oxygen atoms in total. The van der Waals surface area contributed by atoms with E-state index in [0.29, 0.717) is 0 Å². The van der Waals surface area contributed by atoms with E-state index in [9.17, 15) is 0 Å². The highest BCUT2D eigenvalue weighted by Gasteiger charge is 2.22. The second-order valence-electron chi connectivity index (χ2n) is 6.56. The van der Waals surface area contributed by atoms with Crippen LogP contribution in [-0.4, -0.2) is 16.3 Å². The van der Waals surface area contributed by atoms with Crippen molar-refractivity contribution in [1.82, 2.24) is 9.78 Å². The van der Waals surface area contributed by atoms with Crippen molar-refractivity contribution in [1.29, 1.82) is 0 Å². The molecule has 1 aliphatic heterocycles. The maximum atomic E-state index is 5.03. The number of nitrogens with one attached hydrogen (secondary N) is 1. The van der Waals surface area contributed by atoms with Gasteiger partial charge in [-0.2, -0.15) is 5.10 Å². The summed E-state index contributed by atoms with van der Waals surface area (Å²) in [6.07, 6.45) is 3.49. The van der Waals surface area contributed by atoms with E-state index in [4.69, 9.17) is 5.10 Å². The van der Waals surface area contributed by atoms with Crippen LogP contribution in [0.4, 0.5) is 5.82 Å². The molecule has 0 atom stereocenters. The third-order valence-electron chi connectivity index (χ3n) is 4.98. The van der Waals surface area contributed by atoms with Crippen molar-refractivity contribution in [3.05, 3.63) is 65.2 Å². The number of aromatic nitrogens is 2. The molecule has 3 heteroatoms. The van der Waals surface area contributed by atoms with Gasteiger partial charge >= 0.3 is 0 Å². The zero-order chi connectivity index (χ0) is 16.5. The molecule has 1 aliphatic rings. The molecule has 1 aromatic heterocycles. The van der Waals surface area contributed by atoms with Crippen LogP contribution >= 0.6 is 0 Å². The Bertz CT molecular complexity index is 862. The van der Waals surface area contributed by atoms with Crippen LogP contribution in [-0.2, 0) is 6.42 Å². The van der Waals surface area contributed by atoms with Crippen LogP contribution in [0.3, 0.4) is 0 Å². The van der Waals surface area contributed by atoms with Gasteiger partial charge in [-0.3, -0.25) is 0 Å². The molecule has 0 saturated heterocycles. The van der Waals surface area contributed by atoms with Gasteiger partial charge in [-0.1, -0.05) is 42.5 Å². The molecule has 1 N–H and O–H groups in total. The van der Waals surface area contributed by atoms with E-state index in [-0.39, 0.29) is 0 Å². The lowest BCUT2D eigenvalue weighted by Crippen LogP contribution is -2.08. The smallest absolute Gasteiger partial charge is 0.133 e. The van der Waals surface area contributed by atoms with E-state index in [0.717, 1.165) is 18.7 Å². The van der Waals surface area contributed by atoms with Gasteiger partial charge in [-0.25, -0.2) is 4.68 Å². The van der Waals surface area contributed by atoms with Gasteiger partial charge in [0, 0.05) is 17.7 Å². The molecule has 0 aliphatic carbocycles. The normalized spacial score (nSPS) is 13.9. The highest BCUT2D eigenvalue weighted by molar-refractivity contribution is 5.71. The molecular formula is C21H23N3. The van der Waals surface area contributed by atoms with Crippen molar-refractivity contribution < 1.29 is 0 Å². The van der Waals surface area contributed by atoms with Gasteiger partial charge in [0.2, 0.25) is 0 Å². The summed E-state index contributed by atoms with van der Waals surface area (Å²) in [7, 11) is 0. The van der Waals surface area contributed by atoms with Gasteiger partial charge in [0.15, 0.2) is 0 Å². The topological polar surface area (TPSA) is 29.9 Å². The Hall–Kier alpha value is -2.55. The molecule has 24 heavy (non-hydrogen) atoms. The number of anilines is 1. The summed E-state index contributed by atoms with van der Waals surface area (Å²) in [5.41, 5.74) is 7.41. The molecule has 2 aromatic carbocycles. The van der Waals surface area contributed by atoms with Gasteiger partial charge in [-0.05, 0) is 50.3 Å². The molecule has 0 radical (unpaired) electrons. The fraction of sp³-hybridized carbons (Fsp3) is 0.286. The standard InChI is InChI=1S/C21H23N3/c1-15-9-8-13-19(16(15)2)24-21-18(12-6-7-14-22-21)20(23-24)17-10-4-3-5-11-17/h3-5,8-11,13,22H,6-7,12,14H2,1-2H3. The molecule has 0 fully saturated rings. The van der Waals surface area contributed by atoms with E-state index in [1.807, 2.05) is 0 Å². The lowest BCUT2D eigenvalue weighted by atomic mass is 10.0. The third kappa shape index (κ3) is 2.50. The van der Waals surface area contributed by atoms with E-state index >= 15 is 0 Å². The number of rotatable bonds is 2. The Kier molecular flexibility index (Phi) is 3.85. The number of aryl methyl sites for hydroxylation is 1. The SMILES string of the molecule is Cc1cccc(-n2nc(-c3ccccc3)c3c2NCCCC3)c1C. The third-order valence-corrected chi connectivity index (χ3v) is 4.98. The number of nitrogens with zero attached hydrogens (tertiary/aromatic N) is 2. The zero-order valence-electron chi connectivity index (χ0n) is 14.3. The first-order chi connectivity index (χ1) is 11.8. The molecule has 0 bridgehead atoms. The van der Waals surface area contributed by atoms with Gasteiger partial charge < -0.3 is 5.32 Å². The van der Waals surface area contributed by atoms with Crippen molar-refractivity contribution in [2.24, 2.45) is 0 Å². The second kappa shape index (κ2) is 6.16. The van der Waals surface area contributed by atoms with E-state index in [1.165, 1.54) is 46.6 Å². The molecule has 122 valence electrons. The minimum atomic E-state index is 1.01. The lowest BCUT2D eigenvalue weighted by molar-refractivity contribution is 0.779. The molecule has 2 heterocycles. The Balaban J connectivity index is 1.95. The lowest BCUT2D eigenvalue weighted by Gasteiger charge is -2.13. The maximum absolute atomic E-state index is 5.03. The second-order valence-corrected chi connectivity index (χ2v) is 6.56. The molecule has 0 saturated carbocycles. The van der Waals surface area contributed by atoms with E-state index in [2.05, 4.69) is 72.4 Å². The van der Waals surface area contributed by atoms with Crippen molar-refractivity contribution in [3.8, 4) is 16.9 Å².